The highest BCUT2D eigenvalue weighted by atomic mass is 19.3. The number of carbonyl (C=O) groups excluding carboxylic acids is 2. The first kappa shape index (κ1) is 21.8. The summed E-state index contributed by atoms with van der Waals surface area (Å²) in [5, 5.41) is 22.4. The van der Waals surface area contributed by atoms with Gasteiger partial charge in [0, 0.05) is 35.6 Å². The highest BCUT2D eigenvalue weighted by Gasteiger charge is 2.30. The Morgan fingerprint density at radius 1 is 1.10 bits per heavy atom. The number of ether oxygens (including phenoxy) is 1. The molecule has 0 heterocycles. The Balaban J connectivity index is 2.18. The van der Waals surface area contributed by atoms with Gasteiger partial charge in [0.2, 0.25) is 11.8 Å². The lowest BCUT2D eigenvalue weighted by Gasteiger charge is -2.17. The molecule has 0 aliphatic carbocycles. The molecule has 154 valence electrons. The van der Waals surface area contributed by atoms with Gasteiger partial charge in [-0.15, -0.1) is 0 Å². The Kier molecular flexibility index (Phi) is 6.53. The number of benzene rings is 2. The van der Waals surface area contributed by atoms with Crippen LogP contribution in [-0.4, -0.2) is 29.7 Å². The van der Waals surface area contributed by atoms with E-state index in [2.05, 4.69) is 10.6 Å². The second kappa shape index (κ2) is 8.68. The number of halogens is 2. The van der Waals surface area contributed by atoms with E-state index in [9.17, 15) is 23.5 Å². The van der Waals surface area contributed by atoms with Crippen molar-refractivity contribution in [1.82, 2.24) is 0 Å². The molecule has 0 aliphatic heterocycles. The van der Waals surface area contributed by atoms with Crippen molar-refractivity contribution >= 4 is 28.9 Å². The van der Waals surface area contributed by atoms with E-state index in [1.54, 1.807) is 0 Å². The number of amides is 2. The molecule has 0 fully saturated rings. The molecule has 0 saturated heterocycles. The van der Waals surface area contributed by atoms with E-state index in [1.165, 1.54) is 50.4 Å². The van der Waals surface area contributed by atoms with Crippen LogP contribution in [0.1, 0.15) is 19.4 Å². The first-order valence-electron chi connectivity index (χ1n) is 8.55. The third-order valence-electron chi connectivity index (χ3n) is 4.04. The Labute approximate surface area is 166 Å². The van der Waals surface area contributed by atoms with Gasteiger partial charge >= 0.3 is 0 Å². The molecule has 29 heavy (non-hydrogen) atoms. The predicted octanol–water partition coefficient (Wildman–Crippen LogP) is 3.75. The molecule has 2 aromatic carbocycles. The maximum absolute atomic E-state index is 13.5. The molecule has 0 aliphatic rings. The molecule has 0 aromatic heterocycles. The van der Waals surface area contributed by atoms with Gasteiger partial charge in [-0.2, -0.15) is 0 Å². The third kappa shape index (κ3) is 5.50. The second-order valence-electron chi connectivity index (χ2n) is 6.45. The van der Waals surface area contributed by atoms with Gasteiger partial charge in [0.15, 0.2) is 17.4 Å². The lowest BCUT2D eigenvalue weighted by Crippen LogP contribution is -2.38. The smallest absolute Gasteiger partial charge is 0.270 e. The number of rotatable bonds is 7. The number of anilines is 2. The number of hydrogen-bond donors (Lipinski definition) is 4. The maximum atomic E-state index is 13.5. The Hall–Kier alpha value is -3.49. The van der Waals surface area contributed by atoms with E-state index in [0.29, 0.717) is 0 Å². The fourth-order valence-electron chi connectivity index (χ4n) is 2.58. The maximum Gasteiger partial charge on any atom is 0.270 e. The monoisotopic (exact) mass is 405 g/mol. The quantitative estimate of drug-likeness (QED) is 0.415. The van der Waals surface area contributed by atoms with E-state index < -0.39 is 23.7 Å². The second-order valence-corrected chi connectivity index (χ2v) is 6.45. The zero-order valence-electron chi connectivity index (χ0n) is 16.0. The Bertz CT molecular complexity index is 942. The van der Waals surface area contributed by atoms with Crippen LogP contribution < -0.4 is 15.4 Å². The van der Waals surface area contributed by atoms with Gasteiger partial charge in [0.25, 0.3) is 5.92 Å². The molecule has 2 amide bonds. The standard InChI is InChI=1S/C20H21F2N3O4/c1-11(23)17(19(28)25-14-7-8-16(29-3)15(26)10-14)18(27)24-13-6-4-5-12(9-13)20(2,21)22/h4-10,17,23,26H,1-3H3,(H,24,27)(H,25,28). The van der Waals surface area contributed by atoms with Crippen molar-refractivity contribution in [1.29, 1.82) is 5.41 Å². The molecule has 0 radical (unpaired) electrons. The van der Waals surface area contributed by atoms with Crippen molar-refractivity contribution in [2.45, 2.75) is 19.8 Å². The lowest BCUT2D eigenvalue weighted by molar-refractivity contribution is -0.126. The summed E-state index contributed by atoms with van der Waals surface area (Å²) >= 11 is 0. The highest BCUT2D eigenvalue weighted by Crippen LogP contribution is 2.30. The van der Waals surface area contributed by atoms with Gasteiger partial charge in [-0.05, 0) is 31.2 Å². The van der Waals surface area contributed by atoms with Crippen molar-refractivity contribution in [2.24, 2.45) is 5.92 Å². The van der Waals surface area contributed by atoms with Crippen LogP contribution in [0.4, 0.5) is 20.2 Å². The first-order valence-corrected chi connectivity index (χ1v) is 8.55. The van der Waals surface area contributed by atoms with Crippen LogP contribution in [0.2, 0.25) is 0 Å². The fourth-order valence-corrected chi connectivity index (χ4v) is 2.58. The largest absolute Gasteiger partial charge is 0.504 e. The van der Waals surface area contributed by atoms with Crippen molar-refractivity contribution in [3.8, 4) is 11.5 Å². The lowest BCUT2D eigenvalue weighted by atomic mass is 10.0. The van der Waals surface area contributed by atoms with E-state index in [1.807, 2.05) is 0 Å². The van der Waals surface area contributed by atoms with Crippen LogP contribution in [0, 0.1) is 11.3 Å². The molecule has 1 atom stereocenters. The van der Waals surface area contributed by atoms with Gasteiger partial charge in [-0.25, -0.2) is 8.78 Å². The van der Waals surface area contributed by atoms with Gasteiger partial charge < -0.3 is 25.9 Å². The molecule has 4 N–H and O–H groups in total. The zero-order valence-corrected chi connectivity index (χ0v) is 16.0. The summed E-state index contributed by atoms with van der Waals surface area (Å²) in [5.41, 5.74) is -0.263. The normalized spacial score (nSPS) is 12.0. The first-order chi connectivity index (χ1) is 13.5. The molecular formula is C20H21F2N3O4. The topological polar surface area (TPSA) is 112 Å². The van der Waals surface area contributed by atoms with Crippen molar-refractivity contribution < 1.29 is 28.2 Å². The summed E-state index contributed by atoms with van der Waals surface area (Å²) in [7, 11) is 1.37. The average Bonchev–Trinajstić information content (AvgIpc) is 2.61. The van der Waals surface area contributed by atoms with Gasteiger partial charge in [-0.3, -0.25) is 9.59 Å². The number of aromatic hydroxyl groups is 1. The fraction of sp³-hybridized carbons (Fsp3) is 0.250. The summed E-state index contributed by atoms with van der Waals surface area (Å²) in [6.07, 6.45) is 0. The minimum Gasteiger partial charge on any atom is -0.504 e. The number of hydrogen-bond acceptors (Lipinski definition) is 5. The molecule has 2 rings (SSSR count). The van der Waals surface area contributed by atoms with Crippen molar-refractivity contribution in [3.63, 3.8) is 0 Å². The minimum absolute atomic E-state index is 0.0789. The number of alkyl halides is 2. The minimum atomic E-state index is -3.09. The average molecular weight is 405 g/mol. The van der Waals surface area contributed by atoms with Crippen LogP contribution >= 0.6 is 0 Å². The Morgan fingerprint density at radius 2 is 1.69 bits per heavy atom. The van der Waals surface area contributed by atoms with E-state index >= 15 is 0 Å². The van der Waals surface area contributed by atoms with Crippen LogP contribution in [0.5, 0.6) is 11.5 Å². The number of phenols is 1. The molecule has 1 unspecified atom stereocenters. The molecule has 0 bridgehead atoms. The SMILES string of the molecule is COc1ccc(NC(=O)C(C(C)=N)C(=O)Nc2cccc(C(C)(F)F)c2)cc1O. The molecule has 0 saturated carbocycles. The van der Waals surface area contributed by atoms with Gasteiger partial charge in [0.1, 0.15) is 0 Å². The van der Waals surface area contributed by atoms with Crippen LogP contribution in [0.25, 0.3) is 0 Å². The molecule has 2 aromatic rings. The van der Waals surface area contributed by atoms with E-state index in [0.717, 1.165) is 13.0 Å². The zero-order chi connectivity index (χ0) is 21.8. The van der Waals surface area contributed by atoms with Crippen LogP contribution in [0.3, 0.4) is 0 Å². The number of methoxy groups -OCH3 is 1. The van der Waals surface area contributed by atoms with Crippen molar-refractivity contribution in [2.75, 3.05) is 17.7 Å². The molecular weight excluding hydrogens is 384 g/mol. The summed E-state index contributed by atoms with van der Waals surface area (Å²) in [5.74, 6) is -6.25. The summed E-state index contributed by atoms with van der Waals surface area (Å²) in [6.45, 7) is 2.02. The predicted molar refractivity (Wildman–Crippen MR) is 105 cm³/mol. The highest BCUT2D eigenvalue weighted by molar-refractivity contribution is 6.24. The van der Waals surface area contributed by atoms with Crippen LogP contribution in [-0.2, 0) is 15.5 Å². The Morgan fingerprint density at radius 3 is 2.17 bits per heavy atom. The summed E-state index contributed by atoms with van der Waals surface area (Å²) in [6, 6.07) is 9.20. The van der Waals surface area contributed by atoms with Crippen LogP contribution in [0.15, 0.2) is 42.5 Å². The van der Waals surface area contributed by atoms with E-state index in [4.69, 9.17) is 10.1 Å². The summed E-state index contributed by atoms with van der Waals surface area (Å²) < 4.78 is 31.9. The molecule has 0 spiro atoms. The van der Waals surface area contributed by atoms with Gasteiger partial charge in [0.05, 0.1) is 7.11 Å². The molecule has 9 heteroatoms. The number of nitrogens with one attached hydrogen (secondary N) is 3. The number of phenolic OH excluding ortho intramolecular Hbond substituents is 1. The number of carbonyl (C=O) groups is 2. The molecule has 7 nitrogen and oxygen atoms in total. The van der Waals surface area contributed by atoms with Gasteiger partial charge in [-0.1, -0.05) is 12.1 Å². The summed E-state index contributed by atoms with van der Waals surface area (Å²) in [4.78, 5) is 25.1. The van der Waals surface area contributed by atoms with Crippen molar-refractivity contribution in [3.05, 3.63) is 48.0 Å². The van der Waals surface area contributed by atoms with E-state index in [-0.39, 0.29) is 34.1 Å². The third-order valence-corrected chi connectivity index (χ3v) is 4.04.